The van der Waals surface area contributed by atoms with Crippen LogP contribution in [0.2, 0.25) is 0 Å². The first kappa shape index (κ1) is 22.4. The fourth-order valence-electron chi connectivity index (χ4n) is 3.20. The summed E-state index contributed by atoms with van der Waals surface area (Å²) in [4.78, 5) is 11.2. The number of esters is 1. The second-order valence-corrected chi connectivity index (χ2v) is 7.09. The van der Waals surface area contributed by atoms with Crippen LogP contribution in [-0.4, -0.2) is 29.1 Å². The summed E-state index contributed by atoms with van der Waals surface area (Å²) in [5.74, 6) is -2.10. The second-order valence-electron chi connectivity index (χ2n) is 7.09. The van der Waals surface area contributed by atoms with Crippen LogP contribution in [0.5, 0.6) is 0 Å². The van der Waals surface area contributed by atoms with E-state index in [9.17, 15) is 15.0 Å². The summed E-state index contributed by atoms with van der Waals surface area (Å²) >= 11 is 0. The molecule has 4 heteroatoms. The first-order valence-corrected chi connectivity index (χ1v) is 9.70. The Labute approximate surface area is 158 Å². The van der Waals surface area contributed by atoms with E-state index in [0.29, 0.717) is 17.8 Å². The summed E-state index contributed by atoms with van der Waals surface area (Å²) in [6, 6.07) is 0. The number of ether oxygens (including phenoxy) is 1. The molecule has 146 valence electrons. The molecule has 1 aliphatic rings. The van der Waals surface area contributed by atoms with Crippen molar-refractivity contribution < 1.29 is 19.7 Å². The normalized spacial score (nSPS) is 22.4. The van der Waals surface area contributed by atoms with Crippen LogP contribution in [0.1, 0.15) is 58.8 Å². The topological polar surface area (TPSA) is 66.8 Å². The van der Waals surface area contributed by atoms with E-state index in [-0.39, 0.29) is 6.42 Å². The minimum Gasteiger partial charge on any atom is -0.465 e. The molecule has 0 spiro atoms. The molecule has 0 saturated carbocycles. The Hall–Kier alpha value is -1.61. The number of unbranched alkanes of at least 4 members (excludes halogenated alkanes) is 4. The van der Waals surface area contributed by atoms with Crippen LogP contribution in [0, 0.1) is 17.8 Å². The van der Waals surface area contributed by atoms with Gasteiger partial charge in [0.05, 0.1) is 7.11 Å². The van der Waals surface area contributed by atoms with Gasteiger partial charge in [0.25, 0.3) is 5.79 Å². The van der Waals surface area contributed by atoms with Crippen molar-refractivity contribution in [2.45, 2.75) is 64.6 Å². The lowest BCUT2D eigenvalue weighted by Gasteiger charge is -2.18. The van der Waals surface area contributed by atoms with Crippen molar-refractivity contribution in [3.05, 3.63) is 42.2 Å². The lowest BCUT2D eigenvalue weighted by atomic mass is 9.86. The van der Waals surface area contributed by atoms with Gasteiger partial charge in [-0.3, -0.25) is 0 Å². The Bertz CT molecular complexity index is 538. The highest BCUT2D eigenvalue weighted by atomic mass is 16.6. The van der Waals surface area contributed by atoms with Gasteiger partial charge in [0.15, 0.2) is 0 Å². The van der Waals surface area contributed by atoms with E-state index < -0.39 is 11.8 Å². The van der Waals surface area contributed by atoms with Crippen molar-refractivity contribution in [1.82, 2.24) is 0 Å². The Kier molecular flexibility index (Phi) is 10.3. The van der Waals surface area contributed by atoms with E-state index in [1.54, 1.807) is 0 Å². The third-order valence-corrected chi connectivity index (χ3v) is 4.91. The number of hydrogen-bond acceptors (Lipinski definition) is 4. The molecule has 1 aliphatic carbocycles. The summed E-state index contributed by atoms with van der Waals surface area (Å²) in [6.45, 7) is 4.45. The van der Waals surface area contributed by atoms with Gasteiger partial charge in [0.1, 0.15) is 0 Å². The van der Waals surface area contributed by atoms with Crippen LogP contribution < -0.4 is 0 Å². The molecule has 0 aliphatic heterocycles. The zero-order chi connectivity index (χ0) is 19.4. The molecule has 4 nitrogen and oxygen atoms in total. The molecule has 0 fully saturated rings. The second kappa shape index (κ2) is 11.9. The van der Waals surface area contributed by atoms with Crippen LogP contribution in [0.4, 0.5) is 0 Å². The van der Waals surface area contributed by atoms with Crippen molar-refractivity contribution in [3.63, 3.8) is 0 Å². The molecule has 0 aromatic rings. The SMILES string of the molecule is CCCCCCC=C[C@H]1C=C[C@H](C)[C@@H]1CC=C=CCC(O)(O)C(=O)OC. The van der Waals surface area contributed by atoms with Gasteiger partial charge in [0.2, 0.25) is 0 Å². The highest BCUT2D eigenvalue weighted by molar-refractivity contribution is 5.77. The van der Waals surface area contributed by atoms with Crippen LogP contribution in [-0.2, 0) is 9.53 Å². The maximum atomic E-state index is 11.2. The standard InChI is InChI=1S/C22H34O4/c1-4-5-6-7-8-10-13-19-16-15-18(2)20(19)14-11-9-12-17-22(24,25)21(23)26-3/h10-13,15-16,18-20,24-25H,4-8,14,17H2,1-3H3/t9?,18-,19-,20-/m0/s1. The Morgan fingerprint density at radius 1 is 1.23 bits per heavy atom. The molecule has 0 aromatic heterocycles. The Morgan fingerprint density at radius 3 is 2.69 bits per heavy atom. The summed E-state index contributed by atoms with van der Waals surface area (Å²) in [6.07, 6.45) is 19.4. The van der Waals surface area contributed by atoms with E-state index in [4.69, 9.17) is 0 Å². The fourth-order valence-corrected chi connectivity index (χ4v) is 3.20. The van der Waals surface area contributed by atoms with Gasteiger partial charge < -0.3 is 14.9 Å². The highest BCUT2D eigenvalue weighted by Gasteiger charge is 2.33. The maximum absolute atomic E-state index is 11.2. The maximum Gasteiger partial charge on any atom is 0.366 e. The number of rotatable bonds is 11. The summed E-state index contributed by atoms with van der Waals surface area (Å²) < 4.78 is 4.34. The van der Waals surface area contributed by atoms with Crippen LogP contribution in [0.3, 0.4) is 0 Å². The Morgan fingerprint density at radius 2 is 2.00 bits per heavy atom. The lowest BCUT2D eigenvalue weighted by Crippen LogP contribution is -2.38. The monoisotopic (exact) mass is 362 g/mol. The number of carbonyl (C=O) groups is 1. The minimum atomic E-state index is -2.49. The third kappa shape index (κ3) is 7.74. The zero-order valence-corrected chi connectivity index (χ0v) is 16.4. The van der Waals surface area contributed by atoms with Crippen LogP contribution in [0.15, 0.2) is 42.2 Å². The molecule has 0 unspecified atom stereocenters. The van der Waals surface area contributed by atoms with Crippen molar-refractivity contribution in [2.24, 2.45) is 17.8 Å². The van der Waals surface area contributed by atoms with E-state index in [1.807, 2.05) is 6.08 Å². The molecule has 3 atom stereocenters. The average molecular weight is 363 g/mol. The van der Waals surface area contributed by atoms with Gasteiger partial charge in [-0.15, -0.1) is 5.73 Å². The molecule has 2 N–H and O–H groups in total. The fraction of sp³-hybridized carbons (Fsp3) is 0.636. The molecular formula is C22H34O4. The predicted octanol–water partition coefficient (Wildman–Crippen LogP) is 4.30. The first-order chi connectivity index (χ1) is 12.4. The molecule has 0 radical (unpaired) electrons. The minimum absolute atomic E-state index is 0.240. The number of carbonyl (C=O) groups excluding carboxylic acids is 1. The third-order valence-electron chi connectivity index (χ3n) is 4.91. The molecular weight excluding hydrogens is 328 g/mol. The average Bonchev–Trinajstić information content (AvgIpc) is 2.97. The van der Waals surface area contributed by atoms with Crippen LogP contribution >= 0.6 is 0 Å². The van der Waals surface area contributed by atoms with E-state index in [2.05, 4.69) is 48.6 Å². The molecule has 0 heterocycles. The van der Waals surface area contributed by atoms with Gasteiger partial charge >= 0.3 is 5.97 Å². The van der Waals surface area contributed by atoms with E-state index in [1.165, 1.54) is 31.8 Å². The molecule has 0 aromatic carbocycles. The van der Waals surface area contributed by atoms with Crippen molar-refractivity contribution in [3.8, 4) is 0 Å². The Balaban J connectivity index is 2.47. The largest absolute Gasteiger partial charge is 0.465 e. The molecule has 0 bridgehead atoms. The smallest absolute Gasteiger partial charge is 0.366 e. The van der Waals surface area contributed by atoms with Crippen molar-refractivity contribution in [1.29, 1.82) is 0 Å². The van der Waals surface area contributed by atoms with Gasteiger partial charge in [-0.1, -0.05) is 57.4 Å². The first-order valence-electron chi connectivity index (χ1n) is 9.70. The quantitative estimate of drug-likeness (QED) is 0.189. The summed E-state index contributed by atoms with van der Waals surface area (Å²) in [7, 11) is 1.12. The van der Waals surface area contributed by atoms with Crippen molar-refractivity contribution >= 4 is 5.97 Å². The van der Waals surface area contributed by atoms with Gasteiger partial charge in [0, 0.05) is 6.42 Å². The highest BCUT2D eigenvalue weighted by Crippen LogP contribution is 2.34. The number of methoxy groups -OCH3 is 1. The predicted molar refractivity (Wildman–Crippen MR) is 104 cm³/mol. The van der Waals surface area contributed by atoms with Gasteiger partial charge in [-0.25, -0.2) is 4.79 Å². The number of allylic oxidation sites excluding steroid dienone is 4. The van der Waals surface area contributed by atoms with E-state index in [0.717, 1.165) is 20.0 Å². The zero-order valence-electron chi connectivity index (χ0n) is 16.4. The lowest BCUT2D eigenvalue weighted by molar-refractivity contribution is -0.205. The van der Waals surface area contributed by atoms with Crippen molar-refractivity contribution in [2.75, 3.05) is 7.11 Å². The van der Waals surface area contributed by atoms with Gasteiger partial charge in [-0.2, -0.15) is 0 Å². The molecule has 1 rings (SSSR count). The number of hydrogen-bond donors (Lipinski definition) is 2. The summed E-state index contributed by atoms with van der Waals surface area (Å²) in [5.41, 5.74) is 2.95. The summed E-state index contributed by atoms with van der Waals surface area (Å²) in [5, 5.41) is 19.1. The molecule has 26 heavy (non-hydrogen) atoms. The van der Waals surface area contributed by atoms with Crippen LogP contribution in [0.25, 0.3) is 0 Å². The molecule has 0 saturated heterocycles. The van der Waals surface area contributed by atoms with E-state index >= 15 is 0 Å². The number of aliphatic hydroxyl groups is 2. The van der Waals surface area contributed by atoms with Gasteiger partial charge in [-0.05, 0) is 49.2 Å². The molecule has 0 amide bonds.